The number of aryl methyl sites for hydroxylation is 1. The summed E-state index contributed by atoms with van der Waals surface area (Å²) >= 11 is 6.01. The second-order valence-corrected chi connectivity index (χ2v) is 3.68. The van der Waals surface area contributed by atoms with Crippen molar-refractivity contribution in [2.75, 3.05) is 0 Å². The third-order valence-electron chi connectivity index (χ3n) is 2.28. The van der Waals surface area contributed by atoms with E-state index in [1.54, 1.807) is 18.6 Å². The highest BCUT2D eigenvalue weighted by molar-refractivity contribution is 6.31. The molecule has 78 valence electrons. The first-order chi connectivity index (χ1) is 7.20. The Morgan fingerprint density at radius 3 is 2.87 bits per heavy atom. The highest BCUT2D eigenvalue weighted by atomic mass is 35.5. The molecule has 2 aromatic rings. The summed E-state index contributed by atoms with van der Waals surface area (Å²) in [5, 5.41) is 0.563. The van der Waals surface area contributed by atoms with Gasteiger partial charge >= 0.3 is 0 Å². The zero-order valence-corrected chi connectivity index (χ0v) is 9.02. The van der Waals surface area contributed by atoms with Crippen LogP contribution in [0.3, 0.4) is 0 Å². The lowest BCUT2D eigenvalue weighted by Crippen LogP contribution is -2.17. The number of halogens is 1. The van der Waals surface area contributed by atoms with Gasteiger partial charge in [0.25, 0.3) is 0 Å². The van der Waals surface area contributed by atoms with Gasteiger partial charge in [0.1, 0.15) is 5.82 Å². The van der Waals surface area contributed by atoms with Gasteiger partial charge in [-0.15, -0.1) is 0 Å². The van der Waals surface area contributed by atoms with Crippen LogP contribution in [0.5, 0.6) is 0 Å². The van der Waals surface area contributed by atoms with Gasteiger partial charge in [0.05, 0.1) is 11.1 Å². The summed E-state index contributed by atoms with van der Waals surface area (Å²) in [6.07, 6.45) is 6.82. The number of imidazole rings is 1. The van der Waals surface area contributed by atoms with Crippen LogP contribution in [0.15, 0.2) is 30.9 Å². The van der Waals surface area contributed by atoms with Gasteiger partial charge in [-0.05, 0) is 11.6 Å². The SMILES string of the molecule is Cn1ccnc1C(N)c1ccncc1Cl. The van der Waals surface area contributed by atoms with Gasteiger partial charge in [-0.25, -0.2) is 4.98 Å². The zero-order chi connectivity index (χ0) is 10.8. The molecule has 2 aromatic heterocycles. The molecule has 0 spiro atoms. The molecule has 2 rings (SSSR count). The Balaban J connectivity index is 2.41. The highest BCUT2D eigenvalue weighted by Crippen LogP contribution is 2.23. The van der Waals surface area contributed by atoms with Crippen molar-refractivity contribution in [2.24, 2.45) is 12.8 Å². The maximum Gasteiger partial charge on any atom is 0.130 e. The van der Waals surface area contributed by atoms with Crippen LogP contribution in [0, 0.1) is 0 Å². The number of rotatable bonds is 2. The Bertz CT molecular complexity index is 466. The van der Waals surface area contributed by atoms with E-state index in [1.807, 2.05) is 23.9 Å². The minimum atomic E-state index is -0.319. The van der Waals surface area contributed by atoms with Crippen molar-refractivity contribution in [3.05, 3.63) is 47.3 Å². The van der Waals surface area contributed by atoms with Crippen molar-refractivity contribution in [1.29, 1.82) is 0 Å². The van der Waals surface area contributed by atoms with Gasteiger partial charge in [0.15, 0.2) is 0 Å². The quantitative estimate of drug-likeness (QED) is 0.838. The van der Waals surface area contributed by atoms with E-state index >= 15 is 0 Å². The molecule has 0 radical (unpaired) electrons. The van der Waals surface area contributed by atoms with Crippen LogP contribution < -0.4 is 5.73 Å². The molecule has 2 heterocycles. The molecule has 0 amide bonds. The molecule has 2 N–H and O–H groups in total. The molecule has 0 aromatic carbocycles. The molecule has 0 fully saturated rings. The number of nitrogens with zero attached hydrogens (tertiary/aromatic N) is 3. The third kappa shape index (κ3) is 1.86. The Kier molecular flexibility index (Phi) is 2.70. The lowest BCUT2D eigenvalue weighted by atomic mass is 10.1. The summed E-state index contributed by atoms with van der Waals surface area (Å²) in [6, 6.07) is 1.49. The van der Waals surface area contributed by atoms with Crippen molar-refractivity contribution < 1.29 is 0 Å². The normalized spacial score (nSPS) is 12.7. The van der Waals surface area contributed by atoms with Gasteiger partial charge in [-0.1, -0.05) is 11.6 Å². The van der Waals surface area contributed by atoms with E-state index in [1.165, 1.54) is 0 Å². The summed E-state index contributed by atoms with van der Waals surface area (Å²) in [4.78, 5) is 8.11. The lowest BCUT2D eigenvalue weighted by molar-refractivity contribution is 0.716. The fourth-order valence-corrected chi connectivity index (χ4v) is 1.69. The van der Waals surface area contributed by atoms with Crippen LogP contribution in [-0.2, 0) is 7.05 Å². The third-order valence-corrected chi connectivity index (χ3v) is 2.59. The highest BCUT2D eigenvalue weighted by Gasteiger charge is 2.15. The van der Waals surface area contributed by atoms with Crippen molar-refractivity contribution in [3.63, 3.8) is 0 Å². The van der Waals surface area contributed by atoms with Gasteiger partial charge < -0.3 is 10.3 Å². The van der Waals surface area contributed by atoms with Gasteiger partial charge in [0, 0.05) is 31.8 Å². The molecule has 0 saturated heterocycles. The summed E-state index contributed by atoms with van der Waals surface area (Å²) < 4.78 is 1.88. The van der Waals surface area contributed by atoms with E-state index in [4.69, 9.17) is 17.3 Å². The molecule has 15 heavy (non-hydrogen) atoms. The Morgan fingerprint density at radius 2 is 2.27 bits per heavy atom. The Hall–Kier alpha value is -1.39. The molecule has 0 saturated carbocycles. The maximum absolute atomic E-state index is 6.07. The minimum Gasteiger partial charge on any atom is -0.336 e. The second-order valence-electron chi connectivity index (χ2n) is 3.27. The molecule has 0 aliphatic heterocycles. The number of pyridine rings is 1. The fourth-order valence-electron chi connectivity index (χ4n) is 1.45. The summed E-state index contributed by atoms with van der Waals surface area (Å²) in [7, 11) is 1.90. The average Bonchev–Trinajstić information content (AvgIpc) is 2.64. The molecule has 1 unspecified atom stereocenters. The predicted octanol–water partition coefficient (Wildman–Crippen LogP) is 1.52. The number of aromatic nitrogens is 3. The van der Waals surface area contributed by atoms with E-state index in [-0.39, 0.29) is 6.04 Å². The van der Waals surface area contributed by atoms with Crippen LogP contribution in [-0.4, -0.2) is 14.5 Å². The molecule has 1 atom stereocenters. The van der Waals surface area contributed by atoms with E-state index in [2.05, 4.69) is 9.97 Å². The van der Waals surface area contributed by atoms with E-state index in [9.17, 15) is 0 Å². The van der Waals surface area contributed by atoms with Crippen molar-refractivity contribution >= 4 is 11.6 Å². The Morgan fingerprint density at radius 1 is 1.47 bits per heavy atom. The average molecular weight is 223 g/mol. The first-order valence-electron chi connectivity index (χ1n) is 4.52. The topological polar surface area (TPSA) is 56.7 Å². The molecule has 0 aliphatic rings. The number of hydrogen-bond donors (Lipinski definition) is 1. The van der Waals surface area contributed by atoms with Gasteiger partial charge in [-0.3, -0.25) is 4.98 Å². The molecular formula is C10H11ClN4. The lowest BCUT2D eigenvalue weighted by Gasteiger charge is -2.12. The smallest absolute Gasteiger partial charge is 0.130 e. The van der Waals surface area contributed by atoms with Crippen molar-refractivity contribution in [2.45, 2.75) is 6.04 Å². The fraction of sp³-hybridized carbons (Fsp3) is 0.200. The van der Waals surface area contributed by atoms with Gasteiger partial charge in [0.2, 0.25) is 0 Å². The standard InChI is InChI=1S/C10H11ClN4/c1-15-5-4-14-10(15)9(12)7-2-3-13-6-8(7)11/h2-6,9H,12H2,1H3. The first kappa shape index (κ1) is 10.1. The van der Waals surface area contributed by atoms with Crippen molar-refractivity contribution in [1.82, 2.24) is 14.5 Å². The minimum absolute atomic E-state index is 0.319. The van der Waals surface area contributed by atoms with E-state index in [0.717, 1.165) is 11.4 Å². The van der Waals surface area contributed by atoms with E-state index < -0.39 is 0 Å². The largest absolute Gasteiger partial charge is 0.336 e. The molecule has 5 heteroatoms. The van der Waals surface area contributed by atoms with Crippen LogP contribution in [0.4, 0.5) is 0 Å². The van der Waals surface area contributed by atoms with Crippen molar-refractivity contribution in [3.8, 4) is 0 Å². The molecule has 0 bridgehead atoms. The number of hydrogen-bond acceptors (Lipinski definition) is 3. The summed E-state index contributed by atoms with van der Waals surface area (Å²) in [6.45, 7) is 0. The molecular weight excluding hydrogens is 212 g/mol. The first-order valence-corrected chi connectivity index (χ1v) is 4.90. The summed E-state index contributed by atoms with van der Waals surface area (Å²) in [5.74, 6) is 0.781. The second kappa shape index (κ2) is 4.00. The van der Waals surface area contributed by atoms with Crippen LogP contribution in [0.2, 0.25) is 5.02 Å². The molecule has 4 nitrogen and oxygen atoms in total. The Labute approximate surface area is 92.7 Å². The predicted molar refractivity (Wildman–Crippen MR) is 58.5 cm³/mol. The monoisotopic (exact) mass is 222 g/mol. The van der Waals surface area contributed by atoms with Crippen LogP contribution in [0.1, 0.15) is 17.4 Å². The zero-order valence-electron chi connectivity index (χ0n) is 8.26. The van der Waals surface area contributed by atoms with Crippen LogP contribution in [0.25, 0.3) is 0 Å². The van der Waals surface area contributed by atoms with E-state index in [0.29, 0.717) is 5.02 Å². The maximum atomic E-state index is 6.07. The number of nitrogens with two attached hydrogens (primary N) is 1. The van der Waals surface area contributed by atoms with Gasteiger partial charge in [-0.2, -0.15) is 0 Å². The summed E-state index contributed by atoms with van der Waals surface area (Å²) in [5.41, 5.74) is 6.90. The molecule has 0 aliphatic carbocycles. The van der Waals surface area contributed by atoms with Crippen LogP contribution >= 0.6 is 11.6 Å².